The molecule has 2 aliphatic heterocycles. The predicted molar refractivity (Wildman–Crippen MR) is 136 cm³/mol. The lowest BCUT2D eigenvalue weighted by Gasteiger charge is -2.36. The number of thioether (sulfide) groups is 1. The van der Waals surface area contributed by atoms with Crippen LogP contribution in [0.5, 0.6) is 0 Å². The van der Waals surface area contributed by atoms with Gasteiger partial charge in [0.2, 0.25) is 17.7 Å². The van der Waals surface area contributed by atoms with E-state index in [1.807, 2.05) is 18.2 Å². The quantitative estimate of drug-likeness (QED) is 0.571. The summed E-state index contributed by atoms with van der Waals surface area (Å²) < 4.78 is 0. The SMILES string of the molecule is CNC(C)C(=O)N[C@H]1CCS[C@H]2CC(C)(C)[C@@H](C(=O)N[C@@H]3CCCc4cc(Cl)ccc43)N2C1=O. The first-order valence-corrected chi connectivity index (χ1v) is 13.5. The number of carbonyl (C=O) groups excluding carboxylic acids is 3. The van der Waals surface area contributed by atoms with Gasteiger partial charge < -0.3 is 20.9 Å². The van der Waals surface area contributed by atoms with Crippen LogP contribution in [0, 0.1) is 5.41 Å². The lowest BCUT2D eigenvalue weighted by atomic mass is 9.83. The summed E-state index contributed by atoms with van der Waals surface area (Å²) in [6, 6.07) is 4.16. The van der Waals surface area contributed by atoms with Gasteiger partial charge in [-0.2, -0.15) is 0 Å². The Balaban J connectivity index is 1.56. The van der Waals surface area contributed by atoms with Crippen molar-refractivity contribution in [2.45, 2.75) is 82.4 Å². The Hall–Kier alpha value is -1.77. The number of nitrogens with zero attached hydrogens (tertiary/aromatic N) is 1. The van der Waals surface area contributed by atoms with Crippen molar-refractivity contribution in [3.05, 3.63) is 34.3 Å². The van der Waals surface area contributed by atoms with Crippen LogP contribution in [-0.4, -0.2) is 58.9 Å². The van der Waals surface area contributed by atoms with E-state index in [1.54, 1.807) is 30.6 Å². The molecule has 3 aliphatic rings. The third-order valence-corrected chi connectivity index (χ3v) is 8.91. The molecule has 1 aromatic carbocycles. The standard InChI is InChI=1S/C25H35ClN4O3S/c1-14(27-4)22(31)29-19-10-11-34-20-13-25(2,3)21(30(20)24(19)33)23(32)28-18-7-5-6-15-12-16(26)8-9-17(15)18/h8-9,12,14,18-21,27H,5-7,10-11,13H2,1-4H3,(H,28,32)(H,29,31)/t14?,18-,19+,20+,21-/m1/s1. The van der Waals surface area contributed by atoms with Crippen molar-refractivity contribution in [1.29, 1.82) is 0 Å². The number of carbonyl (C=O) groups is 3. The molecule has 0 bridgehead atoms. The van der Waals surface area contributed by atoms with Gasteiger partial charge in [0, 0.05) is 5.02 Å². The van der Waals surface area contributed by atoms with Crippen molar-refractivity contribution in [2.24, 2.45) is 5.41 Å². The molecule has 2 saturated heterocycles. The maximum absolute atomic E-state index is 13.8. The van der Waals surface area contributed by atoms with Crippen LogP contribution >= 0.6 is 23.4 Å². The summed E-state index contributed by atoms with van der Waals surface area (Å²) in [6.45, 7) is 5.88. The minimum absolute atomic E-state index is 0.0701. The van der Waals surface area contributed by atoms with Crippen LogP contribution in [0.15, 0.2) is 18.2 Å². The first kappa shape index (κ1) is 25.3. The van der Waals surface area contributed by atoms with Gasteiger partial charge in [-0.3, -0.25) is 14.4 Å². The van der Waals surface area contributed by atoms with E-state index in [1.165, 1.54) is 5.56 Å². The maximum atomic E-state index is 13.8. The maximum Gasteiger partial charge on any atom is 0.246 e. The second kappa shape index (κ2) is 10.1. The van der Waals surface area contributed by atoms with Gasteiger partial charge in [-0.25, -0.2) is 0 Å². The lowest BCUT2D eigenvalue weighted by Crippen LogP contribution is -2.58. The number of hydrogen-bond acceptors (Lipinski definition) is 5. The highest BCUT2D eigenvalue weighted by Gasteiger charge is 2.54. The number of likely N-dealkylation sites (N-methyl/N-ethyl adjacent to an activating group) is 1. The molecule has 1 aliphatic carbocycles. The van der Waals surface area contributed by atoms with Crippen molar-refractivity contribution in [2.75, 3.05) is 12.8 Å². The Bertz CT molecular complexity index is 971. The molecule has 5 atom stereocenters. The Kier molecular flexibility index (Phi) is 7.50. The highest BCUT2D eigenvalue weighted by molar-refractivity contribution is 7.99. The van der Waals surface area contributed by atoms with Crippen LogP contribution in [0.3, 0.4) is 0 Å². The van der Waals surface area contributed by atoms with Crippen LogP contribution in [0.25, 0.3) is 0 Å². The van der Waals surface area contributed by atoms with Gasteiger partial charge >= 0.3 is 0 Å². The van der Waals surface area contributed by atoms with Gasteiger partial charge in [-0.15, -0.1) is 11.8 Å². The highest BCUT2D eigenvalue weighted by Crippen LogP contribution is 2.46. The predicted octanol–water partition coefficient (Wildman–Crippen LogP) is 3.02. The summed E-state index contributed by atoms with van der Waals surface area (Å²) in [6.07, 6.45) is 4.09. The van der Waals surface area contributed by atoms with E-state index in [4.69, 9.17) is 11.6 Å². The molecule has 186 valence electrons. The zero-order valence-electron chi connectivity index (χ0n) is 20.3. The molecular formula is C25H35ClN4O3S. The Labute approximate surface area is 211 Å². The van der Waals surface area contributed by atoms with Gasteiger partial charge in [0.05, 0.1) is 17.5 Å². The molecular weight excluding hydrogens is 472 g/mol. The van der Waals surface area contributed by atoms with Gasteiger partial charge in [0.25, 0.3) is 0 Å². The molecule has 34 heavy (non-hydrogen) atoms. The molecule has 0 aromatic heterocycles. The fourth-order valence-electron chi connectivity index (χ4n) is 5.46. The van der Waals surface area contributed by atoms with E-state index in [2.05, 4.69) is 29.8 Å². The molecule has 0 saturated carbocycles. The Morgan fingerprint density at radius 2 is 1.97 bits per heavy atom. The van der Waals surface area contributed by atoms with E-state index >= 15 is 0 Å². The molecule has 1 aromatic rings. The summed E-state index contributed by atoms with van der Waals surface area (Å²) in [5.74, 6) is 0.270. The molecule has 0 radical (unpaired) electrons. The Morgan fingerprint density at radius 3 is 2.71 bits per heavy atom. The molecule has 9 heteroatoms. The highest BCUT2D eigenvalue weighted by atomic mass is 35.5. The van der Waals surface area contributed by atoms with E-state index in [-0.39, 0.29) is 34.6 Å². The van der Waals surface area contributed by atoms with Crippen LogP contribution in [-0.2, 0) is 20.8 Å². The average molecular weight is 507 g/mol. The van der Waals surface area contributed by atoms with Gasteiger partial charge in [-0.1, -0.05) is 31.5 Å². The fourth-order valence-corrected chi connectivity index (χ4v) is 7.24. The molecule has 1 unspecified atom stereocenters. The van der Waals surface area contributed by atoms with Crippen molar-refractivity contribution >= 4 is 41.1 Å². The van der Waals surface area contributed by atoms with E-state index in [9.17, 15) is 14.4 Å². The number of hydrogen-bond donors (Lipinski definition) is 3. The van der Waals surface area contributed by atoms with E-state index in [0.717, 1.165) is 37.0 Å². The molecule has 3 amide bonds. The Morgan fingerprint density at radius 1 is 1.21 bits per heavy atom. The summed E-state index contributed by atoms with van der Waals surface area (Å²) in [7, 11) is 1.71. The third-order valence-electron chi connectivity index (χ3n) is 7.43. The van der Waals surface area contributed by atoms with Crippen LogP contribution in [0.4, 0.5) is 0 Å². The number of aryl methyl sites for hydroxylation is 1. The second-order valence-electron chi connectivity index (χ2n) is 10.3. The van der Waals surface area contributed by atoms with Gasteiger partial charge in [0.1, 0.15) is 12.1 Å². The van der Waals surface area contributed by atoms with Crippen molar-refractivity contribution in [3.63, 3.8) is 0 Å². The molecule has 7 nitrogen and oxygen atoms in total. The second-order valence-corrected chi connectivity index (χ2v) is 12.0. The van der Waals surface area contributed by atoms with Crippen molar-refractivity contribution in [1.82, 2.24) is 20.9 Å². The summed E-state index contributed by atoms with van der Waals surface area (Å²) in [4.78, 5) is 41.7. The topological polar surface area (TPSA) is 90.5 Å². The third kappa shape index (κ3) is 4.95. The molecule has 3 N–H and O–H groups in total. The zero-order chi connectivity index (χ0) is 24.6. The number of nitrogens with one attached hydrogen (secondary N) is 3. The summed E-state index contributed by atoms with van der Waals surface area (Å²) in [5.41, 5.74) is 1.91. The van der Waals surface area contributed by atoms with Gasteiger partial charge in [-0.05, 0) is 80.5 Å². The zero-order valence-corrected chi connectivity index (χ0v) is 21.9. The number of halogens is 1. The smallest absolute Gasteiger partial charge is 0.246 e. The first-order chi connectivity index (χ1) is 16.1. The minimum Gasteiger partial charge on any atom is -0.347 e. The summed E-state index contributed by atoms with van der Waals surface area (Å²) in [5, 5.41) is 9.73. The summed E-state index contributed by atoms with van der Waals surface area (Å²) >= 11 is 7.90. The number of rotatable bonds is 5. The minimum atomic E-state index is -0.623. The average Bonchev–Trinajstić information content (AvgIpc) is 2.98. The largest absolute Gasteiger partial charge is 0.347 e. The van der Waals surface area contributed by atoms with Crippen LogP contribution < -0.4 is 16.0 Å². The molecule has 0 spiro atoms. The number of amides is 3. The van der Waals surface area contributed by atoms with Crippen LogP contribution in [0.1, 0.15) is 63.6 Å². The normalized spacial score (nSPS) is 29.0. The molecule has 2 heterocycles. The number of fused-ring (bicyclic) bond motifs is 2. The molecule has 4 rings (SSSR count). The van der Waals surface area contributed by atoms with E-state index < -0.39 is 18.1 Å². The fraction of sp³-hybridized carbons (Fsp3) is 0.640. The number of benzene rings is 1. The monoisotopic (exact) mass is 506 g/mol. The van der Waals surface area contributed by atoms with Gasteiger partial charge in [0.15, 0.2) is 0 Å². The molecule has 2 fully saturated rings. The van der Waals surface area contributed by atoms with Crippen molar-refractivity contribution < 1.29 is 14.4 Å². The lowest BCUT2D eigenvalue weighted by molar-refractivity contribution is -0.144. The van der Waals surface area contributed by atoms with E-state index in [0.29, 0.717) is 11.4 Å². The van der Waals surface area contributed by atoms with Crippen LogP contribution in [0.2, 0.25) is 5.02 Å². The first-order valence-electron chi connectivity index (χ1n) is 12.1. The van der Waals surface area contributed by atoms with Crippen molar-refractivity contribution in [3.8, 4) is 0 Å².